The summed E-state index contributed by atoms with van der Waals surface area (Å²) in [5.74, 6) is 1.26. The smallest absolute Gasteiger partial charge is 0.275 e. The first-order chi connectivity index (χ1) is 14.5. The maximum atomic E-state index is 14.2. The van der Waals surface area contributed by atoms with Crippen LogP contribution in [0.2, 0.25) is 0 Å². The molecule has 3 fully saturated rings. The number of rotatable bonds is 3. The van der Waals surface area contributed by atoms with Gasteiger partial charge in [0.25, 0.3) is 5.91 Å². The number of aromatic nitrogens is 4. The lowest BCUT2D eigenvalue weighted by Gasteiger charge is -2.19. The molecule has 0 aliphatic carbocycles. The van der Waals surface area contributed by atoms with Gasteiger partial charge in [0, 0.05) is 43.6 Å². The van der Waals surface area contributed by atoms with E-state index in [1.807, 2.05) is 0 Å². The van der Waals surface area contributed by atoms with Crippen molar-refractivity contribution in [3.63, 3.8) is 0 Å². The molecule has 30 heavy (non-hydrogen) atoms. The fourth-order valence-corrected chi connectivity index (χ4v) is 5.41. The number of carbonyl (C=O) groups excluding carboxylic acids is 1. The van der Waals surface area contributed by atoms with E-state index in [4.69, 9.17) is 0 Å². The van der Waals surface area contributed by atoms with Gasteiger partial charge in [0.15, 0.2) is 11.5 Å². The lowest BCUT2D eigenvalue weighted by atomic mass is 9.82. The van der Waals surface area contributed by atoms with E-state index in [-0.39, 0.29) is 11.3 Å². The number of carbonyl (C=O) groups is 1. The zero-order chi connectivity index (χ0) is 20.4. The quantitative estimate of drug-likeness (QED) is 0.691. The molecule has 4 unspecified atom stereocenters. The Balaban J connectivity index is 1.17. The first kappa shape index (κ1) is 17.8. The summed E-state index contributed by atoms with van der Waals surface area (Å²) in [5, 5.41) is 6.41. The second kappa shape index (κ2) is 6.46. The molecule has 1 amide bonds. The molecule has 3 aliphatic rings. The highest BCUT2D eigenvalue weighted by Crippen LogP contribution is 2.43. The number of fused-ring (bicyclic) bond motifs is 6. The highest BCUT2D eigenvalue weighted by atomic mass is 19.1. The van der Waals surface area contributed by atoms with Crippen LogP contribution in [0.15, 0.2) is 30.9 Å². The van der Waals surface area contributed by atoms with Crippen LogP contribution in [-0.4, -0.2) is 50.4 Å². The van der Waals surface area contributed by atoms with Crippen LogP contribution in [-0.2, 0) is 0 Å². The summed E-state index contributed by atoms with van der Waals surface area (Å²) in [6.07, 6.45) is 9.03. The number of pyridine rings is 1. The summed E-state index contributed by atoms with van der Waals surface area (Å²) in [4.78, 5) is 27.8. The van der Waals surface area contributed by atoms with E-state index in [0.717, 1.165) is 18.9 Å². The van der Waals surface area contributed by atoms with Gasteiger partial charge in [-0.3, -0.25) is 4.79 Å². The second-order valence-corrected chi connectivity index (χ2v) is 8.59. The third kappa shape index (κ3) is 2.76. The van der Waals surface area contributed by atoms with Gasteiger partial charge in [-0.15, -0.1) is 0 Å². The summed E-state index contributed by atoms with van der Waals surface area (Å²) in [7, 11) is 0. The number of aryl methyl sites for hydroxylation is 1. The van der Waals surface area contributed by atoms with Gasteiger partial charge in [0.05, 0.1) is 23.8 Å². The first-order valence-corrected chi connectivity index (χ1v) is 10.3. The van der Waals surface area contributed by atoms with Gasteiger partial charge in [0.1, 0.15) is 11.5 Å². The van der Waals surface area contributed by atoms with Gasteiger partial charge >= 0.3 is 0 Å². The molecular formula is C21H22FN7O. The molecule has 0 aromatic carbocycles. The van der Waals surface area contributed by atoms with E-state index in [1.54, 1.807) is 29.9 Å². The molecule has 3 aliphatic heterocycles. The number of halogens is 1. The molecule has 2 bridgehead atoms. The van der Waals surface area contributed by atoms with Gasteiger partial charge in [-0.1, -0.05) is 0 Å². The van der Waals surface area contributed by atoms with E-state index in [0.29, 0.717) is 35.3 Å². The Kier molecular flexibility index (Phi) is 3.83. The number of amides is 1. The lowest BCUT2D eigenvalue weighted by molar-refractivity contribution is 0.102. The minimum Gasteiger partial charge on any atom is -0.355 e. The van der Waals surface area contributed by atoms with Crippen molar-refractivity contribution in [3.05, 3.63) is 48.1 Å². The largest absolute Gasteiger partial charge is 0.355 e. The van der Waals surface area contributed by atoms with E-state index < -0.39 is 11.7 Å². The van der Waals surface area contributed by atoms with Crippen molar-refractivity contribution in [1.29, 1.82) is 0 Å². The van der Waals surface area contributed by atoms with Crippen LogP contribution in [0.1, 0.15) is 29.0 Å². The van der Waals surface area contributed by atoms with Crippen LogP contribution < -0.4 is 15.5 Å². The number of nitrogens with zero attached hydrogens (tertiary/aromatic N) is 5. The van der Waals surface area contributed by atoms with Crippen molar-refractivity contribution in [2.24, 2.45) is 11.8 Å². The van der Waals surface area contributed by atoms with Gasteiger partial charge in [-0.2, -0.15) is 0 Å². The van der Waals surface area contributed by atoms with Crippen molar-refractivity contribution < 1.29 is 9.18 Å². The Bertz CT molecular complexity index is 1130. The molecule has 154 valence electrons. The third-order valence-electron chi connectivity index (χ3n) is 6.74. The standard InChI is InChI=1S/C21H22FN7O/c1-11-7-29-8-12(4-15(22)20(29)25-11)26-21(30)18-5-24-19(6-23-18)28-9-13-14(10-28)17-3-2-16(13)27-17/h4-8,13-14,16-17,27H,2-3,9-10H2,1H3,(H,26,30). The number of hydrogen-bond acceptors (Lipinski definition) is 6. The molecule has 6 heterocycles. The Morgan fingerprint density at radius 2 is 1.93 bits per heavy atom. The predicted octanol–water partition coefficient (Wildman–Crippen LogP) is 2.01. The number of nitrogens with one attached hydrogen (secondary N) is 2. The molecule has 4 atom stereocenters. The molecular weight excluding hydrogens is 385 g/mol. The van der Waals surface area contributed by atoms with E-state index in [1.165, 1.54) is 25.1 Å². The van der Waals surface area contributed by atoms with Gasteiger partial charge < -0.3 is 19.9 Å². The van der Waals surface area contributed by atoms with Crippen molar-refractivity contribution in [1.82, 2.24) is 24.7 Å². The molecule has 3 aromatic rings. The van der Waals surface area contributed by atoms with Crippen LogP contribution in [0, 0.1) is 24.6 Å². The predicted molar refractivity (Wildman–Crippen MR) is 109 cm³/mol. The topological polar surface area (TPSA) is 87.5 Å². The molecule has 2 N–H and O–H groups in total. The molecule has 6 rings (SSSR count). The summed E-state index contributed by atoms with van der Waals surface area (Å²) >= 11 is 0. The monoisotopic (exact) mass is 407 g/mol. The minimum atomic E-state index is -0.495. The van der Waals surface area contributed by atoms with Crippen LogP contribution in [0.5, 0.6) is 0 Å². The molecule has 9 heteroatoms. The summed E-state index contributed by atoms with van der Waals surface area (Å²) in [6.45, 7) is 3.77. The lowest BCUT2D eigenvalue weighted by Crippen LogP contribution is -2.31. The van der Waals surface area contributed by atoms with Crippen LogP contribution >= 0.6 is 0 Å². The number of imidazole rings is 1. The highest BCUT2D eigenvalue weighted by molar-refractivity contribution is 6.02. The maximum absolute atomic E-state index is 14.2. The summed E-state index contributed by atoms with van der Waals surface area (Å²) < 4.78 is 15.8. The van der Waals surface area contributed by atoms with Crippen molar-refractivity contribution in [2.45, 2.75) is 31.8 Å². The van der Waals surface area contributed by atoms with Gasteiger partial charge in [0.2, 0.25) is 0 Å². The number of anilines is 2. The van der Waals surface area contributed by atoms with E-state index >= 15 is 0 Å². The Morgan fingerprint density at radius 3 is 2.63 bits per heavy atom. The second-order valence-electron chi connectivity index (χ2n) is 8.59. The van der Waals surface area contributed by atoms with Crippen molar-refractivity contribution in [3.8, 4) is 0 Å². The third-order valence-corrected chi connectivity index (χ3v) is 6.74. The van der Waals surface area contributed by atoms with E-state index in [9.17, 15) is 9.18 Å². The molecule has 0 saturated carbocycles. The van der Waals surface area contributed by atoms with Crippen molar-refractivity contribution in [2.75, 3.05) is 23.3 Å². The average molecular weight is 407 g/mol. The Labute approximate surface area is 172 Å². The normalized spacial score (nSPS) is 27.1. The van der Waals surface area contributed by atoms with Crippen LogP contribution in [0.3, 0.4) is 0 Å². The Morgan fingerprint density at radius 1 is 1.17 bits per heavy atom. The summed E-state index contributed by atoms with van der Waals surface area (Å²) in [6, 6.07) is 2.53. The zero-order valence-corrected chi connectivity index (χ0v) is 16.5. The zero-order valence-electron chi connectivity index (χ0n) is 16.5. The molecule has 0 radical (unpaired) electrons. The maximum Gasteiger partial charge on any atom is 0.275 e. The van der Waals surface area contributed by atoms with Crippen molar-refractivity contribution >= 4 is 23.1 Å². The fourth-order valence-electron chi connectivity index (χ4n) is 5.41. The van der Waals surface area contributed by atoms with Gasteiger partial charge in [-0.05, 0) is 31.6 Å². The van der Waals surface area contributed by atoms with Crippen LogP contribution in [0.4, 0.5) is 15.9 Å². The fraction of sp³-hybridized carbons (Fsp3) is 0.429. The molecule has 0 spiro atoms. The summed E-state index contributed by atoms with van der Waals surface area (Å²) in [5.41, 5.74) is 1.47. The van der Waals surface area contributed by atoms with Gasteiger partial charge in [-0.25, -0.2) is 19.3 Å². The Hall–Kier alpha value is -3.07. The number of hydrogen-bond donors (Lipinski definition) is 2. The first-order valence-electron chi connectivity index (χ1n) is 10.3. The SMILES string of the molecule is Cc1cn2cc(NC(=O)c3cnc(N4CC5C6CCC(N6)C5C4)cn3)cc(F)c2n1. The minimum absolute atomic E-state index is 0.196. The molecule has 3 saturated heterocycles. The highest BCUT2D eigenvalue weighted by Gasteiger charge is 2.51. The average Bonchev–Trinajstić information content (AvgIpc) is 3.49. The molecule has 3 aromatic heterocycles. The van der Waals surface area contributed by atoms with Crippen LogP contribution in [0.25, 0.3) is 5.65 Å². The van der Waals surface area contributed by atoms with E-state index in [2.05, 4.69) is 30.5 Å². The molecule has 8 nitrogen and oxygen atoms in total.